The zero-order valence-electron chi connectivity index (χ0n) is 11.5. The van der Waals surface area contributed by atoms with E-state index in [1.54, 1.807) is 0 Å². The van der Waals surface area contributed by atoms with Gasteiger partial charge < -0.3 is 10.1 Å². The van der Waals surface area contributed by atoms with E-state index in [4.69, 9.17) is 4.74 Å². The summed E-state index contributed by atoms with van der Waals surface area (Å²) in [4.78, 5) is 0. The molecular weight excluding hydrogens is 328 g/mol. The Morgan fingerprint density at radius 3 is 3.00 bits per heavy atom. The summed E-state index contributed by atoms with van der Waals surface area (Å²) in [6, 6.07) is 16.0. The molecule has 2 aromatic carbocycles. The van der Waals surface area contributed by atoms with Gasteiger partial charge in [-0.15, -0.1) is 0 Å². The normalized spacial score (nSPS) is 16.5. The first kappa shape index (κ1) is 14.0. The highest BCUT2D eigenvalue weighted by atomic mass is 79.9. The second-order valence-corrected chi connectivity index (χ2v) is 5.97. The minimum absolute atomic E-state index is 0.403. The topological polar surface area (TPSA) is 45.0 Å². The number of halogens is 1. The van der Waals surface area contributed by atoms with Gasteiger partial charge >= 0.3 is 0 Å². The van der Waals surface area contributed by atoms with Gasteiger partial charge in [0.05, 0.1) is 17.9 Å². The summed E-state index contributed by atoms with van der Waals surface area (Å²) in [7, 11) is 0. The third kappa shape index (κ3) is 3.03. The van der Waals surface area contributed by atoms with Gasteiger partial charge in [0.1, 0.15) is 11.8 Å². The highest BCUT2D eigenvalue weighted by Gasteiger charge is 2.20. The predicted molar refractivity (Wildman–Crippen MR) is 86.6 cm³/mol. The lowest BCUT2D eigenvalue weighted by molar-refractivity contribution is 0.270. The maximum Gasteiger partial charge on any atom is 0.122 e. The van der Waals surface area contributed by atoms with E-state index in [2.05, 4.69) is 33.4 Å². The van der Waals surface area contributed by atoms with Crippen LogP contribution in [-0.2, 0) is 0 Å². The zero-order valence-corrected chi connectivity index (χ0v) is 13.1. The van der Waals surface area contributed by atoms with Crippen LogP contribution in [0, 0.1) is 11.3 Å². The van der Waals surface area contributed by atoms with Crippen molar-refractivity contribution >= 4 is 21.6 Å². The molecule has 106 valence electrons. The molecule has 1 atom stereocenters. The Bertz CT molecular complexity index is 693. The van der Waals surface area contributed by atoms with Crippen molar-refractivity contribution < 1.29 is 4.74 Å². The third-order valence-corrected chi connectivity index (χ3v) is 4.22. The van der Waals surface area contributed by atoms with Crippen LogP contribution in [0.4, 0.5) is 5.69 Å². The minimum atomic E-state index is 0.403. The van der Waals surface area contributed by atoms with E-state index < -0.39 is 0 Å². The van der Waals surface area contributed by atoms with Crippen LogP contribution in [0.1, 0.15) is 23.5 Å². The summed E-state index contributed by atoms with van der Waals surface area (Å²) in [5.41, 5.74) is 2.78. The number of ether oxygens (including phenoxy) is 1. The SMILES string of the molecule is N#Cc1ccc(Br)cc1NCC1CCOc2ccccc21. The number of rotatable bonds is 3. The molecule has 1 heterocycles. The van der Waals surface area contributed by atoms with E-state index in [0.29, 0.717) is 11.5 Å². The second-order valence-electron chi connectivity index (χ2n) is 5.05. The van der Waals surface area contributed by atoms with Crippen molar-refractivity contribution in [3.05, 3.63) is 58.1 Å². The summed E-state index contributed by atoms with van der Waals surface area (Å²) in [6.45, 7) is 1.54. The summed E-state index contributed by atoms with van der Waals surface area (Å²) >= 11 is 3.45. The average Bonchev–Trinajstić information content (AvgIpc) is 2.53. The largest absolute Gasteiger partial charge is 0.493 e. The summed E-state index contributed by atoms with van der Waals surface area (Å²) in [5, 5.41) is 12.6. The molecule has 0 aromatic heterocycles. The molecule has 0 fully saturated rings. The van der Waals surface area contributed by atoms with E-state index in [9.17, 15) is 5.26 Å². The van der Waals surface area contributed by atoms with Gasteiger partial charge in [-0.05, 0) is 36.2 Å². The summed E-state index contributed by atoms with van der Waals surface area (Å²) in [5.74, 6) is 1.38. The molecule has 3 nitrogen and oxygen atoms in total. The molecule has 0 saturated heterocycles. The van der Waals surface area contributed by atoms with Crippen molar-refractivity contribution in [2.24, 2.45) is 0 Å². The van der Waals surface area contributed by atoms with Crippen LogP contribution < -0.4 is 10.1 Å². The van der Waals surface area contributed by atoms with Gasteiger partial charge in [-0.1, -0.05) is 34.1 Å². The molecule has 0 saturated carbocycles. The van der Waals surface area contributed by atoms with Gasteiger partial charge in [0, 0.05) is 16.9 Å². The van der Waals surface area contributed by atoms with Crippen LogP contribution in [0.5, 0.6) is 5.75 Å². The fraction of sp³-hybridized carbons (Fsp3) is 0.235. The molecule has 3 rings (SSSR count). The third-order valence-electron chi connectivity index (χ3n) is 3.72. The van der Waals surface area contributed by atoms with E-state index >= 15 is 0 Å². The Morgan fingerprint density at radius 2 is 2.14 bits per heavy atom. The number of nitrogens with one attached hydrogen (secondary N) is 1. The molecule has 1 aliphatic rings. The van der Waals surface area contributed by atoms with Gasteiger partial charge in [-0.2, -0.15) is 5.26 Å². The minimum Gasteiger partial charge on any atom is -0.493 e. The van der Waals surface area contributed by atoms with Gasteiger partial charge in [0.25, 0.3) is 0 Å². The Balaban J connectivity index is 1.78. The van der Waals surface area contributed by atoms with Crippen LogP contribution in [0.25, 0.3) is 0 Å². The molecular formula is C17H15BrN2O. The molecule has 0 amide bonds. The first-order valence-electron chi connectivity index (χ1n) is 6.93. The van der Waals surface area contributed by atoms with Crippen molar-refractivity contribution in [1.29, 1.82) is 5.26 Å². The van der Waals surface area contributed by atoms with Crippen LogP contribution in [0.15, 0.2) is 46.9 Å². The van der Waals surface area contributed by atoms with Crippen LogP contribution in [0.2, 0.25) is 0 Å². The average molecular weight is 343 g/mol. The van der Waals surface area contributed by atoms with Crippen LogP contribution in [-0.4, -0.2) is 13.2 Å². The number of hydrogen-bond acceptors (Lipinski definition) is 3. The highest BCUT2D eigenvalue weighted by Crippen LogP contribution is 2.33. The molecule has 0 radical (unpaired) electrons. The first-order valence-corrected chi connectivity index (χ1v) is 7.72. The molecule has 1 unspecified atom stereocenters. The predicted octanol–water partition coefficient (Wildman–Crippen LogP) is 4.30. The van der Waals surface area contributed by atoms with Gasteiger partial charge in [0.15, 0.2) is 0 Å². The van der Waals surface area contributed by atoms with Crippen molar-refractivity contribution in [2.45, 2.75) is 12.3 Å². The smallest absolute Gasteiger partial charge is 0.122 e. The summed E-state index contributed by atoms with van der Waals surface area (Å²) in [6.07, 6.45) is 0.986. The number of benzene rings is 2. The molecule has 0 aliphatic carbocycles. The Morgan fingerprint density at radius 1 is 1.29 bits per heavy atom. The number of nitriles is 1. The molecule has 0 bridgehead atoms. The van der Waals surface area contributed by atoms with Crippen molar-refractivity contribution in [3.8, 4) is 11.8 Å². The van der Waals surface area contributed by atoms with Crippen molar-refractivity contribution in [3.63, 3.8) is 0 Å². The van der Waals surface area contributed by atoms with E-state index in [0.717, 1.165) is 35.5 Å². The Hall–Kier alpha value is -1.99. The lowest BCUT2D eigenvalue weighted by Gasteiger charge is -2.26. The number of nitrogens with zero attached hydrogens (tertiary/aromatic N) is 1. The van der Waals surface area contributed by atoms with E-state index in [-0.39, 0.29) is 0 Å². The monoisotopic (exact) mass is 342 g/mol. The quantitative estimate of drug-likeness (QED) is 0.904. The molecule has 21 heavy (non-hydrogen) atoms. The molecule has 1 N–H and O–H groups in total. The van der Waals surface area contributed by atoms with Gasteiger partial charge in [-0.25, -0.2) is 0 Å². The maximum atomic E-state index is 9.18. The van der Waals surface area contributed by atoms with Crippen molar-refractivity contribution in [1.82, 2.24) is 0 Å². The molecule has 4 heteroatoms. The van der Waals surface area contributed by atoms with E-state index in [1.807, 2.05) is 36.4 Å². The number of fused-ring (bicyclic) bond motifs is 1. The standard InChI is InChI=1S/C17H15BrN2O/c18-14-6-5-12(10-19)16(9-14)20-11-13-7-8-21-17-4-2-1-3-15(13)17/h1-6,9,13,20H,7-8,11H2. The number of hydrogen-bond donors (Lipinski definition) is 1. The van der Waals surface area contributed by atoms with Gasteiger partial charge in [-0.3, -0.25) is 0 Å². The second kappa shape index (κ2) is 6.19. The van der Waals surface area contributed by atoms with Crippen LogP contribution in [0.3, 0.4) is 0 Å². The lowest BCUT2D eigenvalue weighted by Crippen LogP contribution is -2.21. The molecule has 1 aliphatic heterocycles. The lowest BCUT2D eigenvalue weighted by atomic mass is 9.93. The summed E-state index contributed by atoms with van der Waals surface area (Å²) < 4.78 is 6.65. The highest BCUT2D eigenvalue weighted by molar-refractivity contribution is 9.10. The zero-order chi connectivity index (χ0) is 14.7. The van der Waals surface area contributed by atoms with Crippen molar-refractivity contribution in [2.75, 3.05) is 18.5 Å². The van der Waals surface area contributed by atoms with Gasteiger partial charge in [0.2, 0.25) is 0 Å². The molecule has 2 aromatic rings. The van der Waals surface area contributed by atoms with Crippen LogP contribution >= 0.6 is 15.9 Å². The first-order chi connectivity index (χ1) is 10.3. The van der Waals surface area contributed by atoms with E-state index in [1.165, 1.54) is 5.56 Å². The fourth-order valence-electron chi connectivity index (χ4n) is 2.62. The Kier molecular flexibility index (Phi) is 4.12. The Labute approximate surface area is 132 Å². The number of para-hydroxylation sites is 1. The fourth-order valence-corrected chi connectivity index (χ4v) is 2.98. The number of anilines is 1. The maximum absolute atomic E-state index is 9.18. The molecule has 0 spiro atoms.